The SMILES string of the molecule is C[C@@H]1CN(C(=O)c2ccc(OCc3ccccc3)cc2Cl)c2ccccc2CN1C(=O)NC(N)=O. The lowest BCUT2D eigenvalue weighted by molar-refractivity contribution is 0.0979. The predicted molar refractivity (Wildman–Crippen MR) is 133 cm³/mol. The minimum atomic E-state index is -0.936. The summed E-state index contributed by atoms with van der Waals surface area (Å²) in [5, 5.41) is 2.37. The molecule has 5 amide bonds. The Hall–Kier alpha value is -4.04. The van der Waals surface area contributed by atoms with E-state index in [1.165, 1.54) is 4.90 Å². The number of hydrogen-bond donors (Lipinski definition) is 2. The topological polar surface area (TPSA) is 105 Å². The number of nitrogens with two attached hydrogens (primary N) is 1. The highest BCUT2D eigenvalue weighted by atomic mass is 35.5. The van der Waals surface area contributed by atoms with Gasteiger partial charge in [0.25, 0.3) is 5.91 Å². The van der Waals surface area contributed by atoms with Crippen molar-refractivity contribution in [3.05, 3.63) is 94.5 Å². The number of nitrogens with one attached hydrogen (secondary N) is 1. The molecule has 1 aliphatic rings. The Morgan fingerprint density at radius 1 is 1.06 bits per heavy atom. The summed E-state index contributed by atoms with van der Waals surface area (Å²) < 4.78 is 5.82. The molecule has 1 aliphatic heterocycles. The van der Waals surface area contributed by atoms with Crippen LogP contribution < -0.4 is 20.7 Å². The van der Waals surface area contributed by atoms with Gasteiger partial charge >= 0.3 is 12.1 Å². The number of carbonyl (C=O) groups excluding carboxylic acids is 3. The van der Waals surface area contributed by atoms with Gasteiger partial charge in [-0.3, -0.25) is 10.1 Å². The quantitative estimate of drug-likeness (QED) is 0.557. The number of carbonyl (C=O) groups is 3. The summed E-state index contributed by atoms with van der Waals surface area (Å²) in [6.45, 7) is 2.59. The fraction of sp³-hybridized carbons (Fsp3) is 0.192. The Balaban J connectivity index is 1.57. The van der Waals surface area contributed by atoms with Gasteiger partial charge in [-0.05, 0) is 42.3 Å². The number of urea groups is 2. The number of benzene rings is 3. The number of anilines is 1. The molecule has 0 saturated carbocycles. The van der Waals surface area contributed by atoms with Gasteiger partial charge in [0, 0.05) is 24.8 Å². The van der Waals surface area contributed by atoms with E-state index in [4.69, 9.17) is 22.1 Å². The molecule has 3 N–H and O–H groups in total. The van der Waals surface area contributed by atoms with Gasteiger partial charge in [-0.2, -0.15) is 0 Å². The van der Waals surface area contributed by atoms with E-state index in [0.717, 1.165) is 11.1 Å². The highest BCUT2D eigenvalue weighted by molar-refractivity contribution is 6.34. The Bertz CT molecular complexity index is 1250. The third kappa shape index (κ3) is 5.55. The number of rotatable bonds is 4. The smallest absolute Gasteiger partial charge is 0.326 e. The van der Waals surface area contributed by atoms with E-state index in [1.54, 1.807) is 30.0 Å². The van der Waals surface area contributed by atoms with Crippen LogP contribution in [-0.4, -0.2) is 35.5 Å². The Morgan fingerprint density at radius 3 is 2.49 bits per heavy atom. The molecule has 8 nitrogen and oxygen atoms in total. The first-order chi connectivity index (χ1) is 16.8. The molecule has 3 aromatic carbocycles. The van der Waals surface area contributed by atoms with Gasteiger partial charge in [-0.25, -0.2) is 9.59 Å². The molecule has 0 saturated heterocycles. The van der Waals surface area contributed by atoms with Crippen LogP contribution in [0.3, 0.4) is 0 Å². The molecule has 35 heavy (non-hydrogen) atoms. The fourth-order valence-corrected chi connectivity index (χ4v) is 4.25. The Labute approximate surface area is 208 Å². The number of amides is 5. The van der Waals surface area contributed by atoms with E-state index in [2.05, 4.69) is 5.32 Å². The largest absolute Gasteiger partial charge is 0.489 e. The monoisotopic (exact) mass is 492 g/mol. The maximum Gasteiger partial charge on any atom is 0.326 e. The molecule has 1 heterocycles. The van der Waals surface area contributed by atoms with Gasteiger partial charge in [-0.15, -0.1) is 0 Å². The molecule has 0 bridgehead atoms. The van der Waals surface area contributed by atoms with E-state index in [-0.39, 0.29) is 24.0 Å². The lowest BCUT2D eigenvalue weighted by Crippen LogP contribution is -2.50. The van der Waals surface area contributed by atoms with Gasteiger partial charge in [0.05, 0.1) is 10.6 Å². The van der Waals surface area contributed by atoms with E-state index in [1.807, 2.05) is 54.6 Å². The van der Waals surface area contributed by atoms with Gasteiger partial charge in [0.1, 0.15) is 12.4 Å². The van der Waals surface area contributed by atoms with Crippen LogP contribution in [0.5, 0.6) is 5.75 Å². The molecule has 9 heteroatoms. The number of para-hydroxylation sites is 1. The molecule has 0 aliphatic carbocycles. The molecule has 0 radical (unpaired) electrons. The van der Waals surface area contributed by atoms with Gasteiger partial charge in [-0.1, -0.05) is 60.1 Å². The zero-order chi connectivity index (χ0) is 24.9. The van der Waals surface area contributed by atoms with Crippen LogP contribution >= 0.6 is 11.6 Å². The number of nitrogens with zero attached hydrogens (tertiary/aromatic N) is 2. The zero-order valence-corrected chi connectivity index (χ0v) is 19.9. The number of primary amides is 1. The van der Waals surface area contributed by atoms with Crippen LogP contribution in [0.15, 0.2) is 72.8 Å². The third-order valence-corrected chi connectivity index (χ3v) is 6.07. The highest BCUT2D eigenvalue weighted by Crippen LogP contribution is 2.31. The van der Waals surface area contributed by atoms with Crippen molar-refractivity contribution in [3.8, 4) is 5.75 Å². The Kier molecular flexibility index (Phi) is 7.22. The first-order valence-corrected chi connectivity index (χ1v) is 11.4. The molecule has 0 spiro atoms. The molecule has 3 aromatic rings. The summed E-state index contributed by atoms with van der Waals surface area (Å²) in [6.07, 6.45) is 0. The van der Waals surface area contributed by atoms with Crippen molar-refractivity contribution in [1.82, 2.24) is 10.2 Å². The second-order valence-corrected chi connectivity index (χ2v) is 8.64. The number of ether oxygens (including phenoxy) is 1. The van der Waals surface area contributed by atoms with Crippen molar-refractivity contribution in [3.63, 3.8) is 0 Å². The van der Waals surface area contributed by atoms with Gasteiger partial charge < -0.3 is 20.3 Å². The standard InChI is InChI=1S/C26H25ClN4O4/c1-17-14-31(23-10-6-5-9-19(23)15-30(17)26(34)29-25(28)33)24(32)21-12-11-20(13-22(21)27)35-16-18-7-3-2-4-8-18/h2-13,17H,14-16H2,1H3,(H3,28,29,33,34)/t17-/m1/s1. The summed E-state index contributed by atoms with van der Waals surface area (Å²) in [5.41, 5.74) is 7.88. The summed E-state index contributed by atoms with van der Waals surface area (Å²) >= 11 is 6.51. The first kappa shape index (κ1) is 24.1. The second kappa shape index (κ2) is 10.5. The number of fused-ring (bicyclic) bond motifs is 1. The Morgan fingerprint density at radius 2 is 1.77 bits per heavy atom. The average molecular weight is 493 g/mol. The van der Waals surface area contributed by atoms with Crippen LogP contribution in [0.2, 0.25) is 5.02 Å². The summed E-state index contributed by atoms with van der Waals surface area (Å²) in [4.78, 5) is 40.5. The molecule has 0 fully saturated rings. The van der Waals surface area contributed by atoms with Crippen molar-refractivity contribution < 1.29 is 19.1 Å². The average Bonchev–Trinajstić information content (AvgIpc) is 2.99. The van der Waals surface area contributed by atoms with Crippen LogP contribution in [-0.2, 0) is 13.2 Å². The molecular weight excluding hydrogens is 468 g/mol. The van der Waals surface area contributed by atoms with Crippen LogP contribution in [0.25, 0.3) is 0 Å². The fourth-order valence-electron chi connectivity index (χ4n) is 4.00. The molecule has 180 valence electrons. The van der Waals surface area contributed by atoms with Gasteiger partial charge in [0.2, 0.25) is 0 Å². The molecule has 0 unspecified atom stereocenters. The van der Waals surface area contributed by atoms with Crippen molar-refractivity contribution >= 4 is 35.3 Å². The maximum absolute atomic E-state index is 13.6. The van der Waals surface area contributed by atoms with Crippen LogP contribution in [0.1, 0.15) is 28.4 Å². The summed E-state index contributed by atoms with van der Waals surface area (Å²) in [6, 6.07) is 20.1. The first-order valence-electron chi connectivity index (χ1n) is 11.1. The van der Waals surface area contributed by atoms with E-state index in [0.29, 0.717) is 23.6 Å². The predicted octanol–water partition coefficient (Wildman–Crippen LogP) is 4.56. The van der Waals surface area contributed by atoms with Gasteiger partial charge in [0.15, 0.2) is 0 Å². The molecular formula is C26H25ClN4O4. The van der Waals surface area contributed by atoms with Crippen molar-refractivity contribution in [2.75, 3.05) is 11.4 Å². The highest BCUT2D eigenvalue weighted by Gasteiger charge is 2.32. The normalized spacial score (nSPS) is 15.1. The lowest BCUT2D eigenvalue weighted by Gasteiger charge is -2.29. The minimum Gasteiger partial charge on any atom is -0.489 e. The van der Waals surface area contributed by atoms with E-state index in [9.17, 15) is 14.4 Å². The van der Waals surface area contributed by atoms with Crippen LogP contribution in [0.4, 0.5) is 15.3 Å². The number of hydrogen-bond acceptors (Lipinski definition) is 4. The van der Waals surface area contributed by atoms with Crippen molar-refractivity contribution in [2.24, 2.45) is 5.73 Å². The van der Waals surface area contributed by atoms with E-state index >= 15 is 0 Å². The second-order valence-electron chi connectivity index (χ2n) is 8.23. The van der Waals surface area contributed by atoms with E-state index < -0.39 is 18.1 Å². The maximum atomic E-state index is 13.6. The molecule has 4 rings (SSSR count). The van der Waals surface area contributed by atoms with Crippen molar-refractivity contribution in [1.29, 1.82) is 0 Å². The number of halogens is 1. The summed E-state index contributed by atoms with van der Waals surface area (Å²) in [5.74, 6) is 0.246. The molecule has 1 atom stereocenters. The van der Waals surface area contributed by atoms with Crippen LogP contribution in [0, 0.1) is 0 Å². The van der Waals surface area contributed by atoms with Crippen molar-refractivity contribution in [2.45, 2.75) is 26.1 Å². The third-order valence-electron chi connectivity index (χ3n) is 5.76. The molecule has 0 aromatic heterocycles. The minimum absolute atomic E-state index is 0.199. The number of imide groups is 1. The zero-order valence-electron chi connectivity index (χ0n) is 19.1. The lowest BCUT2D eigenvalue weighted by atomic mass is 10.1. The summed E-state index contributed by atoms with van der Waals surface area (Å²) in [7, 11) is 0.